The molecule has 0 aliphatic carbocycles. The number of nitrogens with zero attached hydrogens (tertiary/aromatic N) is 5. The zero-order valence-corrected chi connectivity index (χ0v) is 17.5. The SMILES string of the molecule is N#CNC1=NC(c2ccc(F)cc2CN2CCCCCC2)c2c(nc(N)c(C#N)c2N)N1. The molecule has 0 spiro atoms. The van der Waals surface area contributed by atoms with Crippen LogP contribution in [0.2, 0.25) is 0 Å². The van der Waals surface area contributed by atoms with Gasteiger partial charge in [0.15, 0.2) is 6.19 Å². The van der Waals surface area contributed by atoms with Crippen LogP contribution in [-0.4, -0.2) is 28.9 Å². The number of fused-ring (bicyclic) bond motifs is 1. The van der Waals surface area contributed by atoms with E-state index in [1.165, 1.54) is 25.0 Å². The molecule has 1 fully saturated rings. The minimum absolute atomic E-state index is 0.0166. The summed E-state index contributed by atoms with van der Waals surface area (Å²) in [5, 5.41) is 24.0. The van der Waals surface area contributed by atoms with Crippen LogP contribution in [0.15, 0.2) is 23.2 Å². The minimum Gasteiger partial charge on any atom is -0.397 e. The molecule has 1 atom stereocenters. The molecule has 1 aromatic carbocycles. The fraction of sp³-hybridized carbons (Fsp3) is 0.364. The molecule has 1 unspecified atom stereocenters. The highest BCUT2D eigenvalue weighted by atomic mass is 19.1. The van der Waals surface area contributed by atoms with Crippen molar-refractivity contribution < 1.29 is 4.39 Å². The molecule has 32 heavy (non-hydrogen) atoms. The molecule has 0 saturated carbocycles. The number of aromatic nitrogens is 1. The second kappa shape index (κ2) is 9.08. The van der Waals surface area contributed by atoms with E-state index in [1.54, 1.807) is 6.07 Å². The number of nitrogens with one attached hydrogen (secondary N) is 2. The summed E-state index contributed by atoms with van der Waals surface area (Å²) in [4.78, 5) is 11.2. The maximum atomic E-state index is 14.3. The van der Waals surface area contributed by atoms with Gasteiger partial charge in [-0.25, -0.2) is 14.4 Å². The fourth-order valence-electron chi connectivity index (χ4n) is 4.32. The average molecular weight is 433 g/mol. The Balaban J connectivity index is 1.84. The summed E-state index contributed by atoms with van der Waals surface area (Å²) in [6.07, 6.45) is 6.44. The van der Waals surface area contributed by atoms with Crippen LogP contribution in [-0.2, 0) is 6.54 Å². The smallest absolute Gasteiger partial charge is 0.211 e. The Labute approximate surface area is 185 Å². The lowest BCUT2D eigenvalue weighted by atomic mass is 9.91. The van der Waals surface area contributed by atoms with Crippen LogP contribution in [0.1, 0.15) is 54.0 Å². The molecule has 9 nitrogen and oxygen atoms in total. The first-order valence-corrected chi connectivity index (χ1v) is 10.5. The Morgan fingerprint density at radius 3 is 2.62 bits per heavy atom. The minimum atomic E-state index is -0.690. The van der Waals surface area contributed by atoms with Crippen molar-refractivity contribution in [2.75, 3.05) is 29.9 Å². The van der Waals surface area contributed by atoms with E-state index in [0.717, 1.165) is 37.1 Å². The number of pyridine rings is 1. The highest BCUT2D eigenvalue weighted by Crippen LogP contribution is 2.41. The molecule has 6 N–H and O–H groups in total. The largest absolute Gasteiger partial charge is 0.397 e. The number of anilines is 3. The number of benzene rings is 1. The summed E-state index contributed by atoms with van der Waals surface area (Å²) >= 11 is 0. The van der Waals surface area contributed by atoms with Gasteiger partial charge in [0.05, 0.1) is 5.69 Å². The summed E-state index contributed by atoms with van der Waals surface area (Å²) in [6, 6.07) is 5.87. The number of aliphatic imine (C=N–C) groups is 1. The van der Waals surface area contributed by atoms with Crippen LogP contribution < -0.4 is 22.1 Å². The third-order valence-corrected chi connectivity index (χ3v) is 5.85. The van der Waals surface area contributed by atoms with Crippen molar-refractivity contribution in [1.29, 1.82) is 10.5 Å². The summed E-state index contributed by atoms with van der Waals surface area (Å²) in [7, 11) is 0. The number of hydrogen-bond acceptors (Lipinski definition) is 9. The molecule has 2 aliphatic rings. The molecule has 0 bridgehead atoms. The third-order valence-electron chi connectivity index (χ3n) is 5.85. The second-order valence-corrected chi connectivity index (χ2v) is 7.94. The second-order valence-electron chi connectivity index (χ2n) is 7.94. The van der Waals surface area contributed by atoms with Gasteiger partial charge in [0.1, 0.15) is 35.1 Å². The Hall–Kier alpha value is -3.89. The van der Waals surface area contributed by atoms with Crippen molar-refractivity contribution in [3.05, 3.63) is 46.3 Å². The molecule has 4 rings (SSSR count). The van der Waals surface area contributed by atoms with E-state index < -0.39 is 6.04 Å². The normalized spacial score (nSPS) is 18.3. The van der Waals surface area contributed by atoms with Crippen LogP contribution in [0.3, 0.4) is 0 Å². The third kappa shape index (κ3) is 4.13. The predicted molar refractivity (Wildman–Crippen MR) is 120 cm³/mol. The van der Waals surface area contributed by atoms with Crippen molar-refractivity contribution in [2.24, 2.45) is 4.99 Å². The quantitative estimate of drug-likeness (QED) is 0.426. The maximum Gasteiger partial charge on any atom is 0.211 e. The number of hydrogen-bond donors (Lipinski definition) is 4. The number of rotatable bonds is 3. The highest BCUT2D eigenvalue weighted by Gasteiger charge is 2.31. The molecule has 1 saturated heterocycles. The van der Waals surface area contributed by atoms with E-state index in [-0.39, 0.29) is 28.8 Å². The molecular weight excluding hydrogens is 409 g/mol. The monoisotopic (exact) mass is 433 g/mol. The molecule has 3 heterocycles. The summed E-state index contributed by atoms with van der Waals surface area (Å²) in [5.74, 6) is 0.123. The van der Waals surface area contributed by atoms with Crippen LogP contribution in [0, 0.1) is 28.6 Å². The fourth-order valence-corrected chi connectivity index (χ4v) is 4.32. The lowest BCUT2D eigenvalue weighted by Crippen LogP contribution is -2.33. The molecular formula is C22H24FN9. The van der Waals surface area contributed by atoms with Gasteiger partial charge >= 0.3 is 0 Å². The van der Waals surface area contributed by atoms with Crippen LogP contribution >= 0.6 is 0 Å². The predicted octanol–water partition coefficient (Wildman–Crippen LogP) is 2.57. The van der Waals surface area contributed by atoms with Gasteiger partial charge in [0.2, 0.25) is 5.96 Å². The van der Waals surface area contributed by atoms with Gasteiger partial charge in [-0.3, -0.25) is 10.2 Å². The number of guanidine groups is 1. The van der Waals surface area contributed by atoms with Gasteiger partial charge in [-0.05, 0) is 49.2 Å². The van der Waals surface area contributed by atoms with Crippen molar-refractivity contribution in [3.63, 3.8) is 0 Å². The molecule has 164 valence electrons. The Morgan fingerprint density at radius 2 is 1.94 bits per heavy atom. The van der Waals surface area contributed by atoms with Crippen LogP contribution in [0.4, 0.5) is 21.7 Å². The van der Waals surface area contributed by atoms with Gasteiger partial charge in [0, 0.05) is 12.1 Å². The van der Waals surface area contributed by atoms with Crippen molar-refractivity contribution in [2.45, 2.75) is 38.3 Å². The van der Waals surface area contributed by atoms with E-state index in [9.17, 15) is 9.65 Å². The summed E-state index contributed by atoms with van der Waals surface area (Å²) in [6.45, 7) is 2.46. The van der Waals surface area contributed by atoms with Gasteiger partial charge in [0.25, 0.3) is 0 Å². The molecule has 2 aliphatic heterocycles. The topological polar surface area (TPSA) is 152 Å². The summed E-state index contributed by atoms with van der Waals surface area (Å²) in [5.41, 5.74) is 14.5. The van der Waals surface area contributed by atoms with Gasteiger partial charge < -0.3 is 16.8 Å². The summed E-state index contributed by atoms with van der Waals surface area (Å²) < 4.78 is 14.3. The zero-order valence-electron chi connectivity index (χ0n) is 17.5. The Morgan fingerprint density at radius 1 is 1.19 bits per heavy atom. The van der Waals surface area contributed by atoms with Gasteiger partial charge in [-0.2, -0.15) is 10.5 Å². The average Bonchev–Trinajstić information content (AvgIpc) is 3.02. The van der Waals surface area contributed by atoms with E-state index in [0.29, 0.717) is 17.9 Å². The molecule has 10 heteroatoms. The molecule has 1 aromatic heterocycles. The number of nitrogens with two attached hydrogens (primary N) is 2. The number of likely N-dealkylation sites (tertiary alicyclic amines) is 1. The Bertz CT molecular complexity index is 1140. The number of halogens is 1. The van der Waals surface area contributed by atoms with Crippen LogP contribution in [0.25, 0.3) is 0 Å². The first-order valence-electron chi connectivity index (χ1n) is 10.5. The standard InChI is InChI=1S/C22H24FN9/c23-14-5-6-15(13(9-14)11-32-7-3-1-2-4-8-32)19-17-18(26)16(10-24)20(27)30-21(17)31-22(29-19)28-12-25/h5-6,9,19H,1-4,7-8,11H2,(H6,26,27,28,29,30,31). The van der Waals surface area contributed by atoms with Crippen LogP contribution in [0.5, 0.6) is 0 Å². The van der Waals surface area contributed by atoms with Gasteiger partial charge in [-0.15, -0.1) is 0 Å². The van der Waals surface area contributed by atoms with Crippen molar-refractivity contribution >= 4 is 23.3 Å². The maximum absolute atomic E-state index is 14.3. The van der Waals surface area contributed by atoms with E-state index in [2.05, 4.69) is 25.5 Å². The Kier molecular flexibility index (Phi) is 6.06. The molecule has 0 radical (unpaired) electrons. The lowest BCUT2D eigenvalue weighted by molar-refractivity contribution is 0.275. The highest BCUT2D eigenvalue weighted by molar-refractivity contribution is 5.98. The first kappa shape index (κ1) is 21.3. The lowest BCUT2D eigenvalue weighted by Gasteiger charge is -2.29. The van der Waals surface area contributed by atoms with E-state index >= 15 is 0 Å². The number of nitrogen functional groups attached to an aromatic ring is 2. The van der Waals surface area contributed by atoms with Crippen molar-refractivity contribution in [1.82, 2.24) is 15.2 Å². The van der Waals surface area contributed by atoms with Gasteiger partial charge in [-0.1, -0.05) is 18.9 Å². The van der Waals surface area contributed by atoms with E-state index in [4.69, 9.17) is 16.7 Å². The van der Waals surface area contributed by atoms with Crippen molar-refractivity contribution in [3.8, 4) is 12.3 Å². The molecule has 0 amide bonds. The number of nitriles is 2. The zero-order chi connectivity index (χ0) is 22.7. The van der Waals surface area contributed by atoms with E-state index in [1.807, 2.05) is 12.3 Å². The first-order chi connectivity index (χ1) is 15.5. The molecule has 2 aromatic rings.